The molecule has 1 aliphatic heterocycles. The number of hydrogen-bond donors (Lipinski definition) is 1. The molecule has 0 saturated carbocycles. The Balaban J connectivity index is 1.61. The van der Waals surface area contributed by atoms with Crippen LogP contribution < -0.4 is 14.8 Å². The van der Waals surface area contributed by atoms with E-state index in [4.69, 9.17) is 9.47 Å². The highest BCUT2D eigenvalue weighted by Gasteiger charge is 2.30. The minimum atomic E-state index is -3.51. The van der Waals surface area contributed by atoms with Gasteiger partial charge in [0.15, 0.2) is 11.5 Å². The zero-order chi connectivity index (χ0) is 21.0. The van der Waals surface area contributed by atoms with Crippen LogP contribution in [0.2, 0.25) is 0 Å². The van der Waals surface area contributed by atoms with Crippen LogP contribution in [0.15, 0.2) is 47.4 Å². The summed E-state index contributed by atoms with van der Waals surface area (Å²) in [5.41, 5.74) is 1.48. The lowest BCUT2D eigenvalue weighted by Gasteiger charge is -2.31. The Bertz CT molecular complexity index is 965. The van der Waals surface area contributed by atoms with Gasteiger partial charge in [-0.1, -0.05) is 17.7 Å². The van der Waals surface area contributed by atoms with E-state index in [-0.39, 0.29) is 11.9 Å². The summed E-state index contributed by atoms with van der Waals surface area (Å²) >= 11 is 0. The molecule has 0 bridgehead atoms. The summed E-state index contributed by atoms with van der Waals surface area (Å²) in [7, 11) is -0.454. The molecule has 1 heterocycles. The van der Waals surface area contributed by atoms with Gasteiger partial charge < -0.3 is 14.8 Å². The molecule has 2 aromatic rings. The number of carbonyl (C=O) groups is 1. The number of aryl methyl sites for hydroxylation is 1. The van der Waals surface area contributed by atoms with Crippen molar-refractivity contribution in [2.45, 2.75) is 30.7 Å². The highest BCUT2D eigenvalue weighted by molar-refractivity contribution is 7.89. The Labute approximate surface area is 171 Å². The second-order valence-electron chi connectivity index (χ2n) is 7.03. The van der Waals surface area contributed by atoms with E-state index in [1.54, 1.807) is 42.5 Å². The van der Waals surface area contributed by atoms with Gasteiger partial charge in [-0.05, 0) is 50.1 Å². The van der Waals surface area contributed by atoms with Crippen molar-refractivity contribution in [3.8, 4) is 11.5 Å². The molecular weight excluding hydrogens is 392 g/mol. The van der Waals surface area contributed by atoms with Crippen LogP contribution in [-0.4, -0.2) is 52.0 Å². The molecule has 1 fully saturated rings. The maximum Gasteiger partial charge on any atom is 0.251 e. The Morgan fingerprint density at radius 3 is 2.21 bits per heavy atom. The third kappa shape index (κ3) is 4.71. The number of nitrogens with zero attached hydrogens (tertiary/aromatic N) is 1. The van der Waals surface area contributed by atoms with Gasteiger partial charge >= 0.3 is 0 Å². The van der Waals surface area contributed by atoms with Gasteiger partial charge in [-0.3, -0.25) is 4.79 Å². The summed E-state index contributed by atoms with van der Waals surface area (Å²) in [6.07, 6.45) is 1.12. The summed E-state index contributed by atoms with van der Waals surface area (Å²) in [5, 5.41) is 2.99. The zero-order valence-corrected chi connectivity index (χ0v) is 17.7. The molecule has 1 N–H and O–H groups in total. The van der Waals surface area contributed by atoms with Crippen molar-refractivity contribution in [2.75, 3.05) is 27.3 Å². The molecule has 0 radical (unpaired) electrons. The maximum atomic E-state index is 12.8. The van der Waals surface area contributed by atoms with Crippen molar-refractivity contribution in [1.29, 1.82) is 0 Å². The molecule has 7 nitrogen and oxygen atoms in total. The number of piperidine rings is 1. The summed E-state index contributed by atoms with van der Waals surface area (Å²) in [6, 6.07) is 11.8. The monoisotopic (exact) mass is 418 g/mol. The third-order valence-electron chi connectivity index (χ3n) is 5.09. The molecule has 1 amide bonds. The third-order valence-corrected chi connectivity index (χ3v) is 7.01. The number of benzene rings is 2. The minimum Gasteiger partial charge on any atom is -0.493 e. The van der Waals surface area contributed by atoms with Gasteiger partial charge in [0, 0.05) is 24.7 Å². The molecule has 29 heavy (non-hydrogen) atoms. The zero-order valence-electron chi connectivity index (χ0n) is 16.8. The lowest BCUT2D eigenvalue weighted by molar-refractivity contribution is 0.0923. The second kappa shape index (κ2) is 8.84. The molecule has 8 heteroatoms. The number of nitrogens with one attached hydrogen (secondary N) is 1. The summed E-state index contributed by atoms with van der Waals surface area (Å²) < 4.78 is 37.5. The fourth-order valence-corrected chi connectivity index (χ4v) is 4.82. The second-order valence-corrected chi connectivity index (χ2v) is 8.97. The van der Waals surface area contributed by atoms with E-state index in [0.29, 0.717) is 47.9 Å². The Morgan fingerprint density at radius 1 is 1.00 bits per heavy atom. The van der Waals surface area contributed by atoms with Gasteiger partial charge in [-0.2, -0.15) is 4.31 Å². The van der Waals surface area contributed by atoms with Gasteiger partial charge in [0.05, 0.1) is 19.1 Å². The maximum absolute atomic E-state index is 12.8. The number of carbonyl (C=O) groups excluding carboxylic acids is 1. The van der Waals surface area contributed by atoms with Crippen LogP contribution in [0.5, 0.6) is 11.5 Å². The van der Waals surface area contributed by atoms with E-state index in [9.17, 15) is 13.2 Å². The molecule has 1 aliphatic rings. The fraction of sp³-hybridized carbons (Fsp3) is 0.381. The van der Waals surface area contributed by atoms with E-state index in [1.807, 2.05) is 6.92 Å². The predicted octanol–water partition coefficient (Wildman–Crippen LogP) is 2.60. The SMILES string of the molecule is COc1ccc(C(=O)NC2CCN(S(=O)(=O)c3ccc(C)cc3)CC2)cc1OC. The number of rotatable bonds is 6. The molecule has 1 saturated heterocycles. The lowest BCUT2D eigenvalue weighted by atomic mass is 10.1. The van der Waals surface area contributed by atoms with Gasteiger partial charge in [-0.25, -0.2) is 8.42 Å². The smallest absolute Gasteiger partial charge is 0.251 e. The van der Waals surface area contributed by atoms with E-state index < -0.39 is 10.0 Å². The molecule has 156 valence electrons. The Morgan fingerprint density at radius 2 is 1.62 bits per heavy atom. The van der Waals surface area contributed by atoms with Gasteiger partial charge in [-0.15, -0.1) is 0 Å². The molecule has 3 rings (SSSR count). The van der Waals surface area contributed by atoms with Crippen molar-refractivity contribution in [2.24, 2.45) is 0 Å². The number of methoxy groups -OCH3 is 2. The normalized spacial score (nSPS) is 15.7. The molecule has 2 aromatic carbocycles. The quantitative estimate of drug-likeness (QED) is 0.779. The van der Waals surface area contributed by atoms with E-state index >= 15 is 0 Å². The molecular formula is C21H26N2O5S. The summed E-state index contributed by atoms with van der Waals surface area (Å²) in [5.74, 6) is 0.823. The standard InChI is InChI=1S/C21H26N2O5S/c1-15-4-7-18(8-5-15)29(25,26)23-12-10-17(11-13-23)22-21(24)16-6-9-19(27-2)20(14-16)28-3/h4-9,14,17H,10-13H2,1-3H3,(H,22,24). The van der Waals surface area contributed by atoms with E-state index in [2.05, 4.69) is 5.32 Å². The van der Waals surface area contributed by atoms with Gasteiger partial charge in [0.2, 0.25) is 10.0 Å². The first-order valence-corrected chi connectivity index (χ1v) is 10.9. The van der Waals surface area contributed by atoms with Crippen LogP contribution in [-0.2, 0) is 10.0 Å². The average molecular weight is 419 g/mol. The van der Waals surface area contributed by atoms with E-state index in [1.165, 1.54) is 18.5 Å². The van der Waals surface area contributed by atoms with Crippen molar-refractivity contribution < 1.29 is 22.7 Å². The van der Waals surface area contributed by atoms with Crippen LogP contribution >= 0.6 is 0 Å². The highest BCUT2D eigenvalue weighted by Crippen LogP contribution is 2.28. The van der Waals surface area contributed by atoms with Crippen molar-refractivity contribution in [3.63, 3.8) is 0 Å². The number of ether oxygens (including phenoxy) is 2. The minimum absolute atomic E-state index is 0.0833. The van der Waals surface area contributed by atoms with Crippen LogP contribution in [0.3, 0.4) is 0 Å². The fourth-order valence-electron chi connectivity index (χ4n) is 3.35. The van der Waals surface area contributed by atoms with E-state index in [0.717, 1.165) is 5.56 Å². The van der Waals surface area contributed by atoms with Gasteiger partial charge in [0.1, 0.15) is 0 Å². The number of hydrogen-bond acceptors (Lipinski definition) is 5. The topological polar surface area (TPSA) is 84.9 Å². The average Bonchev–Trinajstić information content (AvgIpc) is 2.73. The molecule has 0 aromatic heterocycles. The highest BCUT2D eigenvalue weighted by atomic mass is 32.2. The Hall–Kier alpha value is -2.58. The van der Waals surface area contributed by atoms with Crippen molar-refractivity contribution >= 4 is 15.9 Å². The number of sulfonamides is 1. The molecule has 0 atom stereocenters. The van der Waals surface area contributed by atoms with Crippen LogP contribution in [0.1, 0.15) is 28.8 Å². The first-order chi connectivity index (χ1) is 13.8. The first kappa shape index (κ1) is 21.1. The van der Waals surface area contributed by atoms with Crippen LogP contribution in [0, 0.1) is 6.92 Å². The molecule has 0 aliphatic carbocycles. The predicted molar refractivity (Wildman–Crippen MR) is 110 cm³/mol. The van der Waals surface area contributed by atoms with Crippen molar-refractivity contribution in [1.82, 2.24) is 9.62 Å². The van der Waals surface area contributed by atoms with Crippen LogP contribution in [0.4, 0.5) is 0 Å². The van der Waals surface area contributed by atoms with Crippen molar-refractivity contribution in [3.05, 3.63) is 53.6 Å². The van der Waals surface area contributed by atoms with Crippen LogP contribution in [0.25, 0.3) is 0 Å². The Kier molecular flexibility index (Phi) is 6.44. The lowest BCUT2D eigenvalue weighted by Crippen LogP contribution is -2.46. The first-order valence-electron chi connectivity index (χ1n) is 9.45. The molecule has 0 spiro atoms. The molecule has 0 unspecified atom stereocenters. The summed E-state index contributed by atoms with van der Waals surface area (Å²) in [4.78, 5) is 12.9. The number of amides is 1. The van der Waals surface area contributed by atoms with Gasteiger partial charge in [0.25, 0.3) is 5.91 Å². The largest absolute Gasteiger partial charge is 0.493 e. The summed E-state index contributed by atoms with van der Waals surface area (Å²) in [6.45, 7) is 2.66.